The molecule has 2 fully saturated rings. The van der Waals surface area contributed by atoms with E-state index in [1.807, 2.05) is 0 Å². The Hall–Kier alpha value is 0.210. The summed E-state index contributed by atoms with van der Waals surface area (Å²) < 4.78 is 0. The van der Waals surface area contributed by atoms with E-state index in [1.54, 1.807) is 0 Å². The predicted molar refractivity (Wildman–Crippen MR) is 86.1 cm³/mol. The number of nitrogens with one attached hydrogen (secondary N) is 1. The molecule has 0 amide bonds. The third-order valence-corrected chi connectivity index (χ3v) is 5.31. The number of hydrogen-bond donors (Lipinski definition) is 1. The average Bonchev–Trinajstić information content (AvgIpc) is 2.40. The van der Waals surface area contributed by atoms with Crippen LogP contribution in [0.1, 0.15) is 52.4 Å². The third kappa shape index (κ3) is 5.24. The standard InChI is InChI=1S/C16H32N2.ClH/c1-13(2)15-4-6-16(7-5-15)18(3)12-14-8-10-17-11-9-14;/h13-17H,4-12H2,1-3H3;1H. The molecule has 3 heteroatoms. The first-order chi connectivity index (χ1) is 8.66. The maximum Gasteiger partial charge on any atom is 0.00925 e. The van der Waals surface area contributed by atoms with E-state index in [4.69, 9.17) is 0 Å². The Bertz CT molecular complexity index is 231. The molecule has 1 N–H and O–H groups in total. The van der Waals surface area contributed by atoms with Crippen LogP contribution in [0.2, 0.25) is 0 Å². The van der Waals surface area contributed by atoms with Gasteiger partial charge < -0.3 is 10.2 Å². The topological polar surface area (TPSA) is 15.3 Å². The van der Waals surface area contributed by atoms with E-state index in [2.05, 4.69) is 31.1 Å². The fourth-order valence-corrected chi connectivity index (χ4v) is 3.83. The molecule has 0 spiro atoms. The molecule has 2 nitrogen and oxygen atoms in total. The van der Waals surface area contributed by atoms with Gasteiger partial charge in [-0.05, 0) is 76.4 Å². The van der Waals surface area contributed by atoms with Crippen LogP contribution in [-0.2, 0) is 0 Å². The molecule has 0 aromatic heterocycles. The number of rotatable bonds is 4. The Labute approximate surface area is 126 Å². The highest BCUT2D eigenvalue weighted by atomic mass is 35.5. The predicted octanol–water partition coefficient (Wildman–Crippen LogP) is 3.55. The van der Waals surface area contributed by atoms with Gasteiger partial charge in [0.2, 0.25) is 0 Å². The second-order valence-corrected chi connectivity index (χ2v) is 6.95. The van der Waals surface area contributed by atoms with Gasteiger partial charge in [-0.3, -0.25) is 0 Å². The second-order valence-electron chi connectivity index (χ2n) is 6.95. The van der Waals surface area contributed by atoms with Gasteiger partial charge in [-0.15, -0.1) is 12.4 Å². The summed E-state index contributed by atoms with van der Waals surface area (Å²) in [6.45, 7) is 8.59. The normalized spacial score (nSPS) is 29.5. The summed E-state index contributed by atoms with van der Waals surface area (Å²) in [7, 11) is 2.36. The molecule has 2 aliphatic rings. The molecule has 0 aromatic rings. The van der Waals surface area contributed by atoms with Crippen molar-refractivity contribution in [2.45, 2.75) is 58.4 Å². The van der Waals surface area contributed by atoms with Gasteiger partial charge in [0.05, 0.1) is 0 Å². The van der Waals surface area contributed by atoms with Gasteiger partial charge in [0.25, 0.3) is 0 Å². The molecule has 0 aromatic carbocycles. The molecule has 0 atom stereocenters. The molecule has 1 heterocycles. The number of halogens is 1. The van der Waals surface area contributed by atoms with Crippen molar-refractivity contribution in [3.63, 3.8) is 0 Å². The zero-order chi connectivity index (χ0) is 13.0. The Morgan fingerprint density at radius 1 is 1.00 bits per heavy atom. The maximum atomic E-state index is 3.47. The van der Waals surface area contributed by atoms with E-state index < -0.39 is 0 Å². The van der Waals surface area contributed by atoms with E-state index in [-0.39, 0.29) is 12.4 Å². The van der Waals surface area contributed by atoms with Crippen molar-refractivity contribution in [3.05, 3.63) is 0 Å². The Kier molecular flexibility index (Phi) is 7.71. The molecule has 1 saturated heterocycles. The van der Waals surface area contributed by atoms with Gasteiger partial charge >= 0.3 is 0 Å². The monoisotopic (exact) mass is 288 g/mol. The first-order valence-electron chi connectivity index (χ1n) is 8.07. The Morgan fingerprint density at radius 2 is 1.58 bits per heavy atom. The largest absolute Gasteiger partial charge is 0.317 e. The highest BCUT2D eigenvalue weighted by molar-refractivity contribution is 5.85. The lowest BCUT2D eigenvalue weighted by Crippen LogP contribution is -2.41. The molecule has 1 saturated carbocycles. The van der Waals surface area contributed by atoms with Crippen LogP contribution < -0.4 is 5.32 Å². The van der Waals surface area contributed by atoms with Gasteiger partial charge in [-0.25, -0.2) is 0 Å². The minimum Gasteiger partial charge on any atom is -0.317 e. The lowest BCUT2D eigenvalue weighted by atomic mass is 9.79. The highest BCUT2D eigenvalue weighted by Gasteiger charge is 2.26. The molecule has 0 bridgehead atoms. The summed E-state index contributed by atoms with van der Waals surface area (Å²) >= 11 is 0. The van der Waals surface area contributed by atoms with Crippen molar-refractivity contribution in [1.29, 1.82) is 0 Å². The number of nitrogens with zero attached hydrogens (tertiary/aromatic N) is 1. The van der Waals surface area contributed by atoms with E-state index in [0.29, 0.717) is 0 Å². The lowest BCUT2D eigenvalue weighted by Gasteiger charge is -2.38. The zero-order valence-electron chi connectivity index (χ0n) is 13.0. The van der Waals surface area contributed by atoms with Crippen molar-refractivity contribution in [2.75, 3.05) is 26.7 Å². The van der Waals surface area contributed by atoms with E-state index >= 15 is 0 Å². The van der Waals surface area contributed by atoms with Gasteiger partial charge in [0.1, 0.15) is 0 Å². The van der Waals surface area contributed by atoms with Crippen LogP contribution in [0.15, 0.2) is 0 Å². The number of piperidine rings is 1. The number of hydrogen-bond acceptors (Lipinski definition) is 2. The summed E-state index contributed by atoms with van der Waals surface area (Å²) in [5.41, 5.74) is 0. The van der Waals surface area contributed by atoms with Crippen molar-refractivity contribution in [3.8, 4) is 0 Å². The van der Waals surface area contributed by atoms with Gasteiger partial charge in [0.15, 0.2) is 0 Å². The van der Waals surface area contributed by atoms with E-state index in [9.17, 15) is 0 Å². The maximum absolute atomic E-state index is 3.47. The third-order valence-electron chi connectivity index (χ3n) is 5.31. The van der Waals surface area contributed by atoms with Gasteiger partial charge in [-0.1, -0.05) is 13.8 Å². The Balaban J connectivity index is 0.00000180. The summed E-state index contributed by atoms with van der Waals surface area (Å²) in [4.78, 5) is 2.67. The summed E-state index contributed by atoms with van der Waals surface area (Å²) in [6.07, 6.45) is 8.55. The van der Waals surface area contributed by atoms with Crippen LogP contribution in [0.5, 0.6) is 0 Å². The molecule has 0 unspecified atom stereocenters. The fourth-order valence-electron chi connectivity index (χ4n) is 3.83. The van der Waals surface area contributed by atoms with E-state index in [0.717, 1.165) is 23.8 Å². The second kappa shape index (κ2) is 8.49. The quantitative estimate of drug-likeness (QED) is 0.851. The van der Waals surface area contributed by atoms with Crippen LogP contribution in [0.3, 0.4) is 0 Å². The van der Waals surface area contributed by atoms with Crippen molar-refractivity contribution in [2.24, 2.45) is 17.8 Å². The first-order valence-corrected chi connectivity index (χ1v) is 8.07. The van der Waals surface area contributed by atoms with Crippen LogP contribution >= 0.6 is 12.4 Å². The van der Waals surface area contributed by atoms with Crippen molar-refractivity contribution >= 4 is 12.4 Å². The van der Waals surface area contributed by atoms with Gasteiger partial charge in [0, 0.05) is 12.6 Å². The summed E-state index contributed by atoms with van der Waals surface area (Å²) in [5, 5.41) is 3.47. The molecule has 2 rings (SSSR count). The van der Waals surface area contributed by atoms with Gasteiger partial charge in [-0.2, -0.15) is 0 Å². The molecule has 1 aliphatic heterocycles. The van der Waals surface area contributed by atoms with Crippen LogP contribution in [-0.4, -0.2) is 37.6 Å². The molecule has 19 heavy (non-hydrogen) atoms. The van der Waals surface area contributed by atoms with Crippen LogP contribution in [0, 0.1) is 17.8 Å². The minimum absolute atomic E-state index is 0. The lowest BCUT2D eigenvalue weighted by molar-refractivity contribution is 0.124. The van der Waals surface area contributed by atoms with Crippen molar-refractivity contribution < 1.29 is 0 Å². The van der Waals surface area contributed by atoms with Crippen LogP contribution in [0.25, 0.3) is 0 Å². The molecule has 114 valence electrons. The molecular formula is C16H33ClN2. The Morgan fingerprint density at radius 3 is 2.11 bits per heavy atom. The van der Waals surface area contributed by atoms with E-state index in [1.165, 1.54) is 58.2 Å². The average molecular weight is 289 g/mol. The minimum atomic E-state index is 0. The highest BCUT2D eigenvalue weighted by Crippen LogP contribution is 2.32. The zero-order valence-corrected chi connectivity index (χ0v) is 13.8. The molecule has 0 radical (unpaired) electrons. The summed E-state index contributed by atoms with van der Waals surface area (Å²) in [5.74, 6) is 2.83. The molecular weight excluding hydrogens is 256 g/mol. The first kappa shape index (κ1) is 17.3. The SMILES string of the molecule is CC(C)C1CCC(N(C)CC2CCNCC2)CC1.Cl. The summed E-state index contributed by atoms with van der Waals surface area (Å²) in [6, 6.07) is 0.870. The van der Waals surface area contributed by atoms with Crippen LogP contribution in [0.4, 0.5) is 0 Å². The molecule has 1 aliphatic carbocycles. The fraction of sp³-hybridized carbons (Fsp3) is 1.00. The van der Waals surface area contributed by atoms with Crippen molar-refractivity contribution in [1.82, 2.24) is 10.2 Å². The smallest absolute Gasteiger partial charge is 0.00925 e.